The van der Waals surface area contributed by atoms with Gasteiger partial charge in [0.2, 0.25) is 0 Å². The quantitative estimate of drug-likeness (QED) is 0.943. The molecular formula is C13H11BrFNO2. The highest BCUT2D eigenvalue weighted by Gasteiger charge is 2.14. The van der Waals surface area contributed by atoms with E-state index in [9.17, 15) is 9.18 Å². The van der Waals surface area contributed by atoms with E-state index >= 15 is 0 Å². The Morgan fingerprint density at radius 1 is 1.44 bits per heavy atom. The molecule has 0 amide bonds. The van der Waals surface area contributed by atoms with Crippen molar-refractivity contribution in [2.24, 2.45) is 0 Å². The molecular weight excluding hydrogens is 301 g/mol. The van der Waals surface area contributed by atoms with Gasteiger partial charge in [0.25, 0.3) is 0 Å². The number of benzene rings is 1. The zero-order chi connectivity index (χ0) is 13.3. The van der Waals surface area contributed by atoms with Gasteiger partial charge in [-0.15, -0.1) is 0 Å². The fourth-order valence-electron chi connectivity index (χ4n) is 1.85. The summed E-state index contributed by atoms with van der Waals surface area (Å²) in [6.45, 7) is 1.91. The zero-order valence-electron chi connectivity index (χ0n) is 9.65. The first-order valence-corrected chi connectivity index (χ1v) is 6.11. The van der Waals surface area contributed by atoms with Crippen LogP contribution in [0.25, 0.3) is 0 Å². The van der Waals surface area contributed by atoms with Crippen molar-refractivity contribution in [1.29, 1.82) is 0 Å². The minimum absolute atomic E-state index is 0.189. The number of halogens is 2. The Morgan fingerprint density at radius 2 is 2.17 bits per heavy atom. The molecule has 5 heteroatoms. The number of aromatic carboxylic acids is 1. The molecule has 1 aromatic carbocycles. The van der Waals surface area contributed by atoms with Gasteiger partial charge in [0, 0.05) is 16.2 Å². The van der Waals surface area contributed by atoms with Crippen molar-refractivity contribution in [2.75, 3.05) is 0 Å². The van der Waals surface area contributed by atoms with E-state index in [0.717, 1.165) is 4.47 Å². The monoisotopic (exact) mass is 311 g/mol. The molecule has 0 aliphatic heterocycles. The van der Waals surface area contributed by atoms with Crippen LogP contribution in [0.3, 0.4) is 0 Å². The van der Waals surface area contributed by atoms with Crippen molar-refractivity contribution in [3.63, 3.8) is 0 Å². The lowest BCUT2D eigenvalue weighted by molar-refractivity contribution is 0.0685. The predicted octanol–water partition coefficient (Wildman–Crippen LogP) is 3.44. The van der Waals surface area contributed by atoms with Crippen LogP contribution in [0.5, 0.6) is 0 Å². The van der Waals surface area contributed by atoms with Crippen LogP contribution in [-0.4, -0.2) is 15.6 Å². The van der Waals surface area contributed by atoms with Crippen molar-refractivity contribution < 1.29 is 14.3 Å². The minimum atomic E-state index is -1.01. The highest BCUT2D eigenvalue weighted by Crippen LogP contribution is 2.19. The summed E-state index contributed by atoms with van der Waals surface area (Å²) in [5.74, 6) is -1.35. The molecule has 0 unspecified atom stereocenters. The molecule has 0 saturated carbocycles. The summed E-state index contributed by atoms with van der Waals surface area (Å²) in [6, 6.07) is 6.32. The molecule has 1 heterocycles. The van der Waals surface area contributed by atoms with Gasteiger partial charge in [-0.1, -0.05) is 15.9 Å². The van der Waals surface area contributed by atoms with E-state index in [1.807, 2.05) is 0 Å². The van der Waals surface area contributed by atoms with Crippen LogP contribution in [0.4, 0.5) is 4.39 Å². The third kappa shape index (κ3) is 2.46. The van der Waals surface area contributed by atoms with Crippen LogP contribution < -0.4 is 0 Å². The molecule has 0 fully saturated rings. The van der Waals surface area contributed by atoms with Gasteiger partial charge in [-0.25, -0.2) is 9.18 Å². The van der Waals surface area contributed by atoms with E-state index in [-0.39, 0.29) is 18.1 Å². The minimum Gasteiger partial charge on any atom is -0.477 e. The summed E-state index contributed by atoms with van der Waals surface area (Å²) in [5, 5.41) is 9.11. The molecule has 1 N–H and O–H groups in total. The molecule has 2 aromatic rings. The van der Waals surface area contributed by atoms with Gasteiger partial charge in [-0.05, 0) is 36.8 Å². The van der Waals surface area contributed by atoms with Crippen LogP contribution in [0.2, 0.25) is 0 Å². The lowest BCUT2D eigenvalue weighted by Crippen LogP contribution is -2.10. The number of carbonyl (C=O) groups is 1. The second-order valence-electron chi connectivity index (χ2n) is 4.02. The largest absolute Gasteiger partial charge is 0.477 e. The maximum Gasteiger partial charge on any atom is 0.352 e. The molecule has 18 heavy (non-hydrogen) atoms. The predicted molar refractivity (Wildman–Crippen MR) is 69.3 cm³/mol. The third-order valence-electron chi connectivity index (χ3n) is 2.72. The first kappa shape index (κ1) is 12.8. The molecule has 94 valence electrons. The van der Waals surface area contributed by atoms with Crippen molar-refractivity contribution in [3.05, 3.63) is 57.6 Å². The van der Waals surface area contributed by atoms with E-state index in [1.54, 1.807) is 31.3 Å². The maximum atomic E-state index is 13.6. The Balaban J connectivity index is 2.40. The number of aromatic nitrogens is 1. The number of carboxylic acid groups (broad SMARTS) is 1. The third-order valence-corrected chi connectivity index (χ3v) is 3.21. The molecule has 0 bridgehead atoms. The SMILES string of the molecule is Cc1ccn(Cc2cc(Br)ccc2F)c1C(=O)O. The van der Waals surface area contributed by atoms with Gasteiger partial charge in [-0.3, -0.25) is 0 Å². The van der Waals surface area contributed by atoms with E-state index in [0.29, 0.717) is 11.1 Å². The van der Waals surface area contributed by atoms with Gasteiger partial charge in [0.05, 0.1) is 6.54 Å². The van der Waals surface area contributed by atoms with Gasteiger partial charge in [0.15, 0.2) is 0 Å². The maximum absolute atomic E-state index is 13.6. The van der Waals surface area contributed by atoms with E-state index in [2.05, 4.69) is 15.9 Å². The van der Waals surface area contributed by atoms with Crippen LogP contribution >= 0.6 is 15.9 Å². The Kier molecular flexibility index (Phi) is 3.52. The van der Waals surface area contributed by atoms with Gasteiger partial charge >= 0.3 is 5.97 Å². The molecule has 0 radical (unpaired) electrons. The molecule has 0 spiro atoms. The average Bonchev–Trinajstić information content (AvgIpc) is 2.65. The molecule has 0 aliphatic rings. The number of carboxylic acids is 1. The molecule has 0 aliphatic carbocycles. The summed E-state index contributed by atoms with van der Waals surface area (Å²) in [5.41, 5.74) is 1.30. The summed E-state index contributed by atoms with van der Waals surface area (Å²) < 4.78 is 15.9. The van der Waals surface area contributed by atoms with Crippen molar-refractivity contribution in [1.82, 2.24) is 4.57 Å². The van der Waals surface area contributed by atoms with E-state index < -0.39 is 5.97 Å². The number of aryl methyl sites for hydroxylation is 1. The van der Waals surface area contributed by atoms with Crippen LogP contribution in [0.1, 0.15) is 21.6 Å². The number of nitrogens with zero attached hydrogens (tertiary/aromatic N) is 1. The second-order valence-corrected chi connectivity index (χ2v) is 4.93. The van der Waals surface area contributed by atoms with E-state index in [1.165, 1.54) is 10.6 Å². The molecule has 3 nitrogen and oxygen atoms in total. The smallest absolute Gasteiger partial charge is 0.352 e. The Labute approximate surface area is 112 Å². The second kappa shape index (κ2) is 4.94. The summed E-state index contributed by atoms with van der Waals surface area (Å²) in [7, 11) is 0. The van der Waals surface area contributed by atoms with E-state index in [4.69, 9.17) is 5.11 Å². The Hall–Kier alpha value is -1.62. The van der Waals surface area contributed by atoms with Gasteiger partial charge in [-0.2, -0.15) is 0 Å². The van der Waals surface area contributed by atoms with Crippen molar-refractivity contribution in [3.8, 4) is 0 Å². The Morgan fingerprint density at radius 3 is 2.83 bits per heavy atom. The van der Waals surface area contributed by atoms with Crippen LogP contribution in [0.15, 0.2) is 34.9 Å². The number of hydrogen-bond acceptors (Lipinski definition) is 1. The Bertz CT molecular complexity index is 607. The van der Waals surface area contributed by atoms with Crippen LogP contribution in [0, 0.1) is 12.7 Å². The zero-order valence-corrected chi connectivity index (χ0v) is 11.2. The fourth-order valence-corrected chi connectivity index (χ4v) is 2.26. The average molecular weight is 312 g/mol. The fraction of sp³-hybridized carbons (Fsp3) is 0.154. The summed E-state index contributed by atoms with van der Waals surface area (Å²) in [6.07, 6.45) is 1.65. The molecule has 1 aromatic heterocycles. The molecule has 0 saturated heterocycles. The normalized spacial score (nSPS) is 10.6. The standard InChI is InChI=1S/C13H11BrFNO2/c1-8-4-5-16(12(8)13(17)18)7-9-6-10(14)2-3-11(9)15/h2-6H,7H2,1H3,(H,17,18). The molecule has 2 rings (SSSR count). The highest BCUT2D eigenvalue weighted by molar-refractivity contribution is 9.10. The lowest BCUT2D eigenvalue weighted by Gasteiger charge is -2.08. The van der Waals surface area contributed by atoms with Crippen LogP contribution in [-0.2, 0) is 6.54 Å². The first-order chi connectivity index (χ1) is 8.49. The number of hydrogen-bond donors (Lipinski definition) is 1. The number of rotatable bonds is 3. The first-order valence-electron chi connectivity index (χ1n) is 5.32. The lowest BCUT2D eigenvalue weighted by atomic mass is 10.2. The topological polar surface area (TPSA) is 42.2 Å². The molecule has 0 atom stereocenters. The summed E-state index contributed by atoms with van der Waals surface area (Å²) in [4.78, 5) is 11.1. The van der Waals surface area contributed by atoms with Crippen molar-refractivity contribution >= 4 is 21.9 Å². The summed E-state index contributed by atoms with van der Waals surface area (Å²) >= 11 is 3.27. The van der Waals surface area contributed by atoms with Gasteiger partial charge < -0.3 is 9.67 Å². The highest BCUT2D eigenvalue weighted by atomic mass is 79.9. The van der Waals surface area contributed by atoms with Crippen molar-refractivity contribution in [2.45, 2.75) is 13.5 Å². The van der Waals surface area contributed by atoms with Gasteiger partial charge in [0.1, 0.15) is 11.5 Å².